The summed E-state index contributed by atoms with van der Waals surface area (Å²) in [6.07, 6.45) is 0. The molecule has 0 fully saturated rings. The standard InChI is InChI=1S/C59H49N7/c1-38-32-40(3)54(41(4)33-38)66(55-42(5)34-39(2)35-43(55)6)51-30-28-50(29-31-51)65(53-37-52(45-19-10-7-11-20-45)60-56(61-53)46-21-12-8-13-22-46)59-63-57(47-23-14-9-15-24-47)62-58(64-59)49-27-26-44-18-16-17-25-48(44)36-49/h7-37H,1-6H3. The number of hydrogen-bond acceptors (Lipinski definition) is 7. The van der Waals surface area contributed by atoms with Crippen LogP contribution in [0.5, 0.6) is 0 Å². The smallest absolute Gasteiger partial charge is 0.239 e. The molecule has 7 heteroatoms. The Morgan fingerprint density at radius 3 is 1.29 bits per heavy atom. The Kier molecular flexibility index (Phi) is 11.2. The molecule has 10 rings (SSSR count). The highest BCUT2D eigenvalue weighted by atomic mass is 15.3. The molecular formula is C59H49N7. The van der Waals surface area contributed by atoms with E-state index in [0.29, 0.717) is 29.2 Å². The van der Waals surface area contributed by atoms with E-state index in [1.54, 1.807) is 0 Å². The number of aryl methyl sites for hydroxylation is 6. The van der Waals surface area contributed by atoms with Gasteiger partial charge in [-0.25, -0.2) is 15.0 Å². The fourth-order valence-electron chi connectivity index (χ4n) is 9.18. The number of nitrogens with zero attached hydrogens (tertiary/aromatic N) is 7. The maximum Gasteiger partial charge on any atom is 0.239 e. The van der Waals surface area contributed by atoms with Crippen LogP contribution < -0.4 is 9.80 Å². The summed E-state index contributed by atoms with van der Waals surface area (Å²) in [5.74, 6) is 2.71. The lowest BCUT2D eigenvalue weighted by molar-refractivity contribution is 1.00. The quantitative estimate of drug-likeness (QED) is 0.136. The van der Waals surface area contributed by atoms with Crippen molar-refractivity contribution >= 4 is 45.3 Å². The number of rotatable bonds is 10. The molecule has 0 aliphatic carbocycles. The third-order valence-corrected chi connectivity index (χ3v) is 12.0. The summed E-state index contributed by atoms with van der Waals surface area (Å²) in [6, 6.07) is 64.9. The van der Waals surface area contributed by atoms with Gasteiger partial charge in [-0.3, -0.25) is 4.90 Å². The summed E-state index contributed by atoms with van der Waals surface area (Å²) in [6.45, 7) is 13.2. The summed E-state index contributed by atoms with van der Waals surface area (Å²) >= 11 is 0. The van der Waals surface area contributed by atoms with Crippen LogP contribution in [0.25, 0.3) is 56.2 Å². The SMILES string of the molecule is Cc1cc(C)c(N(c2ccc(N(c3cc(-c4ccccc4)nc(-c4ccccc4)n3)c3nc(-c4ccccc4)nc(-c4ccc5ccccc5c4)n3)cc2)c2c(C)cc(C)cc2C)c(C)c1. The molecule has 0 amide bonds. The monoisotopic (exact) mass is 855 g/mol. The normalized spacial score (nSPS) is 11.2. The van der Waals surface area contributed by atoms with Gasteiger partial charge in [0.1, 0.15) is 5.82 Å². The highest BCUT2D eigenvalue weighted by molar-refractivity contribution is 5.88. The fourth-order valence-corrected chi connectivity index (χ4v) is 9.18. The van der Waals surface area contributed by atoms with Gasteiger partial charge >= 0.3 is 0 Å². The van der Waals surface area contributed by atoms with Crippen LogP contribution in [0.4, 0.5) is 34.5 Å². The molecular weight excluding hydrogens is 807 g/mol. The molecule has 0 N–H and O–H groups in total. The summed E-state index contributed by atoms with van der Waals surface area (Å²) in [5.41, 5.74) is 15.9. The van der Waals surface area contributed by atoms with Gasteiger partial charge < -0.3 is 4.90 Å². The van der Waals surface area contributed by atoms with E-state index < -0.39 is 0 Å². The summed E-state index contributed by atoms with van der Waals surface area (Å²) in [7, 11) is 0. The molecule has 0 atom stereocenters. The van der Waals surface area contributed by atoms with Crippen molar-refractivity contribution in [2.75, 3.05) is 9.80 Å². The second kappa shape index (κ2) is 17.7. The van der Waals surface area contributed by atoms with Crippen molar-refractivity contribution in [1.82, 2.24) is 24.9 Å². The summed E-state index contributed by atoms with van der Waals surface area (Å²) in [4.78, 5) is 30.7. The summed E-state index contributed by atoms with van der Waals surface area (Å²) in [5, 5.41) is 2.24. The molecule has 320 valence electrons. The Labute approximate surface area is 386 Å². The Hall–Kier alpha value is -8.29. The third-order valence-electron chi connectivity index (χ3n) is 12.0. The van der Waals surface area contributed by atoms with Crippen molar-refractivity contribution < 1.29 is 0 Å². The lowest BCUT2D eigenvalue weighted by Gasteiger charge is -2.32. The lowest BCUT2D eigenvalue weighted by atomic mass is 9.98. The topological polar surface area (TPSA) is 70.9 Å². The highest BCUT2D eigenvalue weighted by Gasteiger charge is 2.25. The van der Waals surface area contributed by atoms with Crippen molar-refractivity contribution in [2.45, 2.75) is 41.5 Å². The molecule has 66 heavy (non-hydrogen) atoms. The van der Waals surface area contributed by atoms with Gasteiger partial charge in [-0.05, 0) is 105 Å². The molecule has 2 aromatic heterocycles. The first-order valence-corrected chi connectivity index (χ1v) is 22.3. The second-order valence-corrected chi connectivity index (χ2v) is 17.1. The van der Waals surface area contributed by atoms with E-state index in [4.69, 9.17) is 24.9 Å². The van der Waals surface area contributed by atoms with Crippen LogP contribution in [0.2, 0.25) is 0 Å². The van der Waals surface area contributed by atoms with E-state index >= 15 is 0 Å². The Morgan fingerprint density at radius 1 is 0.318 bits per heavy atom. The average Bonchev–Trinajstić information content (AvgIpc) is 3.34. The predicted octanol–water partition coefficient (Wildman–Crippen LogP) is 15.3. The molecule has 10 aromatic rings. The maximum atomic E-state index is 5.35. The molecule has 0 saturated heterocycles. The largest absolute Gasteiger partial charge is 0.309 e. The number of anilines is 6. The zero-order valence-corrected chi connectivity index (χ0v) is 38.0. The van der Waals surface area contributed by atoms with Gasteiger partial charge in [0.2, 0.25) is 5.95 Å². The van der Waals surface area contributed by atoms with Crippen molar-refractivity contribution in [2.24, 2.45) is 0 Å². The average molecular weight is 856 g/mol. The van der Waals surface area contributed by atoms with Crippen molar-refractivity contribution in [1.29, 1.82) is 0 Å². The molecule has 0 unspecified atom stereocenters. The highest BCUT2D eigenvalue weighted by Crippen LogP contribution is 2.44. The first kappa shape index (κ1) is 41.7. The fraction of sp³-hybridized carbons (Fsp3) is 0.102. The molecule has 0 aliphatic heterocycles. The Bertz CT molecular complexity index is 3210. The van der Waals surface area contributed by atoms with Crippen LogP contribution in [0, 0.1) is 41.5 Å². The minimum Gasteiger partial charge on any atom is -0.309 e. The van der Waals surface area contributed by atoms with Crippen LogP contribution in [-0.2, 0) is 0 Å². The first-order valence-electron chi connectivity index (χ1n) is 22.3. The summed E-state index contributed by atoms with van der Waals surface area (Å²) < 4.78 is 0. The van der Waals surface area contributed by atoms with Gasteiger partial charge in [0, 0.05) is 34.0 Å². The van der Waals surface area contributed by atoms with E-state index in [1.165, 1.54) is 44.8 Å². The van der Waals surface area contributed by atoms with Crippen molar-refractivity contribution in [3.05, 3.63) is 221 Å². The van der Waals surface area contributed by atoms with Gasteiger partial charge in [-0.15, -0.1) is 0 Å². The van der Waals surface area contributed by atoms with Crippen LogP contribution in [-0.4, -0.2) is 24.9 Å². The molecule has 0 aliphatic rings. The van der Waals surface area contributed by atoms with Gasteiger partial charge in [-0.2, -0.15) is 9.97 Å². The molecule has 0 spiro atoms. The second-order valence-electron chi connectivity index (χ2n) is 17.1. The molecule has 2 heterocycles. The minimum absolute atomic E-state index is 0.420. The molecule has 0 saturated carbocycles. The lowest BCUT2D eigenvalue weighted by Crippen LogP contribution is -2.18. The van der Waals surface area contributed by atoms with E-state index in [-0.39, 0.29) is 0 Å². The number of fused-ring (bicyclic) bond motifs is 1. The molecule has 8 aromatic carbocycles. The zero-order valence-electron chi connectivity index (χ0n) is 38.0. The van der Waals surface area contributed by atoms with Crippen LogP contribution in [0.1, 0.15) is 33.4 Å². The van der Waals surface area contributed by atoms with Crippen LogP contribution in [0.3, 0.4) is 0 Å². The van der Waals surface area contributed by atoms with E-state index in [0.717, 1.165) is 50.1 Å². The number of benzene rings is 8. The Morgan fingerprint density at radius 2 is 0.758 bits per heavy atom. The molecule has 0 radical (unpaired) electrons. The van der Waals surface area contributed by atoms with Gasteiger partial charge in [0.25, 0.3) is 0 Å². The van der Waals surface area contributed by atoms with Crippen molar-refractivity contribution in [3.63, 3.8) is 0 Å². The zero-order chi connectivity index (χ0) is 45.3. The van der Waals surface area contributed by atoms with E-state index in [2.05, 4.69) is 150 Å². The van der Waals surface area contributed by atoms with Gasteiger partial charge in [-0.1, -0.05) is 163 Å². The predicted molar refractivity (Wildman–Crippen MR) is 272 cm³/mol. The van der Waals surface area contributed by atoms with Crippen LogP contribution in [0.15, 0.2) is 188 Å². The van der Waals surface area contributed by atoms with Crippen LogP contribution >= 0.6 is 0 Å². The Balaban J connectivity index is 1.22. The minimum atomic E-state index is 0.420. The maximum absolute atomic E-state index is 5.35. The van der Waals surface area contributed by atoms with Crippen molar-refractivity contribution in [3.8, 4) is 45.4 Å². The van der Waals surface area contributed by atoms with E-state index in [1.807, 2.05) is 89.8 Å². The number of aromatic nitrogens is 5. The molecule has 0 bridgehead atoms. The molecule has 7 nitrogen and oxygen atoms in total. The number of hydrogen-bond donors (Lipinski definition) is 0. The third kappa shape index (κ3) is 8.30. The van der Waals surface area contributed by atoms with Gasteiger partial charge in [0.05, 0.1) is 22.8 Å². The first-order chi connectivity index (χ1) is 32.2. The van der Waals surface area contributed by atoms with E-state index in [9.17, 15) is 0 Å². The van der Waals surface area contributed by atoms with Gasteiger partial charge in [0.15, 0.2) is 17.5 Å².